The fourth-order valence-electron chi connectivity index (χ4n) is 1.56. The molecule has 1 heterocycles. The number of aryl methyl sites for hydroxylation is 1. The van der Waals surface area contributed by atoms with E-state index in [2.05, 4.69) is 50.0 Å². The molecular weight excluding hydrogens is 218 g/mol. The van der Waals surface area contributed by atoms with Gasteiger partial charge in [-0.3, -0.25) is 4.98 Å². The summed E-state index contributed by atoms with van der Waals surface area (Å²) < 4.78 is 0. The summed E-state index contributed by atoms with van der Waals surface area (Å²) in [5.74, 6) is 0.549. The second-order valence-corrected chi connectivity index (χ2v) is 4.12. The van der Waals surface area contributed by atoms with Gasteiger partial charge in [-0.1, -0.05) is 53.7 Å². The van der Waals surface area contributed by atoms with Gasteiger partial charge < -0.3 is 0 Å². The molecule has 2 aromatic rings. The molecule has 0 atom stereocenters. The average molecular weight is 245 g/mol. The SMILES string of the molecule is CC.CC.Cc1ccc2cc(C(C)C)cnc2c1. The van der Waals surface area contributed by atoms with Crippen molar-refractivity contribution in [2.75, 3.05) is 0 Å². The van der Waals surface area contributed by atoms with Gasteiger partial charge in [0.15, 0.2) is 0 Å². The molecule has 0 aliphatic rings. The van der Waals surface area contributed by atoms with Gasteiger partial charge in [-0.25, -0.2) is 0 Å². The van der Waals surface area contributed by atoms with E-state index in [1.807, 2.05) is 33.9 Å². The van der Waals surface area contributed by atoms with E-state index in [-0.39, 0.29) is 0 Å². The summed E-state index contributed by atoms with van der Waals surface area (Å²) in [5.41, 5.74) is 3.66. The van der Waals surface area contributed by atoms with Crippen LogP contribution in [-0.4, -0.2) is 4.98 Å². The molecule has 0 amide bonds. The van der Waals surface area contributed by atoms with Crippen molar-refractivity contribution in [3.8, 4) is 0 Å². The van der Waals surface area contributed by atoms with E-state index >= 15 is 0 Å². The smallest absolute Gasteiger partial charge is 0.0704 e. The van der Waals surface area contributed by atoms with Crippen molar-refractivity contribution < 1.29 is 0 Å². The summed E-state index contributed by atoms with van der Waals surface area (Å²) in [4.78, 5) is 4.46. The number of hydrogen-bond donors (Lipinski definition) is 0. The third kappa shape index (κ3) is 4.48. The minimum absolute atomic E-state index is 0.549. The van der Waals surface area contributed by atoms with Gasteiger partial charge in [-0.05, 0) is 36.1 Å². The van der Waals surface area contributed by atoms with Crippen molar-refractivity contribution in [3.05, 3.63) is 41.6 Å². The summed E-state index contributed by atoms with van der Waals surface area (Å²) in [6, 6.07) is 8.63. The molecule has 0 N–H and O–H groups in total. The number of benzene rings is 1. The Morgan fingerprint density at radius 2 is 1.56 bits per heavy atom. The largest absolute Gasteiger partial charge is 0.256 e. The fraction of sp³-hybridized carbons (Fsp3) is 0.471. The molecule has 1 aromatic heterocycles. The molecule has 0 fully saturated rings. The zero-order valence-corrected chi connectivity index (χ0v) is 12.9. The molecule has 0 aliphatic carbocycles. The van der Waals surface area contributed by atoms with Crippen LogP contribution >= 0.6 is 0 Å². The van der Waals surface area contributed by atoms with E-state index in [4.69, 9.17) is 0 Å². The monoisotopic (exact) mass is 245 g/mol. The van der Waals surface area contributed by atoms with E-state index in [0.29, 0.717) is 5.92 Å². The van der Waals surface area contributed by atoms with Crippen molar-refractivity contribution >= 4 is 10.9 Å². The molecule has 0 unspecified atom stereocenters. The van der Waals surface area contributed by atoms with Gasteiger partial charge in [-0.2, -0.15) is 0 Å². The molecule has 1 nitrogen and oxygen atoms in total. The molecule has 18 heavy (non-hydrogen) atoms. The molecule has 1 aromatic carbocycles. The van der Waals surface area contributed by atoms with E-state index < -0.39 is 0 Å². The highest BCUT2D eigenvalue weighted by Gasteiger charge is 2.01. The zero-order chi connectivity index (χ0) is 14.1. The van der Waals surface area contributed by atoms with Gasteiger partial charge in [-0.15, -0.1) is 0 Å². The highest BCUT2D eigenvalue weighted by molar-refractivity contribution is 5.79. The summed E-state index contributed by atoms with van der Waals surface area (Å²) >= 11 is 0. The highest BCUT2D eigenvalue weighted by Crippen LogP contribution is 2.19. The van der Waals surface area contributed by atoms with Crippen LogP contribution in [0.5, 0.6) is 0 Å². The van der Waals surface area contributed by atoms with E-state index in [9.17, 15) is 0 Å². The van der Waals surface area contributed by atoms with Crippen LogP contribution in [0.15, 0.2) is 30.5 Å². The van der Waals surface area contributed by atoms with Crippen LogP contribution < -0.4 is 0 Å². The van der Waals surface area contributed by atoms with Crippen LogP contribution in [0.4, 0.5) is 0 Å². The number of pyridine rings is 1. The summed E-state index contributed by atoms with van der Waals surface area (Å²) in [6.45, 7) is 14.5. The van der Waals surface area contributed by atoms with Crippen molar-refractivity contribution in [1.29, 1.82) is 0 Å². The lowest BCUT2D eigenvalue weighted by Gasteiger charge is -2.06. The molecule has 1 heteroatoms. The van der Waals surface area contributed by atoms with Crippen molar-refractivity contribution in [2.45, 2.75) is 54.4 Å². The van der Waals surface area contributed by atoms with Gasteiger partial charge in [0.25, 0.3) is 0 Å². The van der Waals surface area contributed by atoms with Crippen LogP contribution in [-0.2, 0) is 0 Å². The first kappa shape index (κ1) is 16.6. The maximum atomic E-state index is 4.46. The molecule has 0 saturated carbocycles. The maximum absolute atomic E-state index is 4.46. The molecule has 2 rings (SSSR count). The lowest BCUT2D eigenvalue weighted by Crippen LogP contribution is -1.89. The first-order chi connectivity index (χ1) is 8.66. The Morgan fingerprint density at radius 1 is 0.944 bits per heavy atom. The maximum Gasteiger partial charge on any atom is 0.0704 e. The quantitative estimate of drug-likeness (QED) is 0.626. The fourth-order valence-corrected chi connectivity index (χ4v) is 1.56. The topological polar surface area (TPSA) is 12.9 Å². The number of aromatic nitrogens is 1. The minimum atomic E-state index is 0.549. The number of hydrogen-bond acceptors (Lipinski definition) is 1. The number of rotatable bonds is 1. The van der Waals surface area contributed by atoms with Crippen molar-refractivity contribution in [1.82, 2.24) is 4.98 Å². The Bertz CT molecular complexity index is 458. The van der Waals surface area contributed by atoms with Gasteiger partial charge >= 0.3 is 0 Å². The molecule has 0 radical (unpaired) electrons. The Morgan fingerprint density at radius 3 is 2.11 bits per heavy atom. The Kier molecular flexibility index (Phi) is 8.02. The first-order valence-corrected chi connectivity index (χ1v) is 7.03. The normalized spacial score (nSPS) is 9.33. The van der Waals surface area contributed by atoms with E-state index in [0.717, 1.165) is 5.52 Å². The first-order valence-electron chi connectivity index (χ1n) is 7.03. The van der Waals surface area contributed by atoms with E-state index in [1.165, 1.54) is 16.5 Å². The van der Waals surface area contributed by atoms with Gasteiger partial charge in [0.1, 0.15) is 0 Å². The minimum Gasteiger partial charge on any atom is -0.256 e. The van der Waals surface area contributed by atoms with Gasteiger partial charge in [0.2, 0.25) is 0 Å². The van der Waals surface area contributed by atoms with E-state index in [1.54, 1.807) is 0 Å². The number of nitrogens with zero attached hydrogens (tertiary/aromatic N) is 1. The van der Waals surface area contributed by atoms with Crippen molar-refractivity contribution in [3.63, 3.8) is 0 Å². The predicted octanol–water partition coefficient (Wildman–Crippen LogP) is 5.72. The Hall–Kier alpha value is -1.37. The lowest BCUT2D eigenvalue weighted by molar-refractivity contribution is 0.862. The van der Waals surface area contributed by atoms with Crippen LogP contribution in [0.25, 0.3) is 10.9 Å². The molecular formula is C17H27N. The standard InChI is InChI=1S/C13H15N.2C2H6/c1-9(2)12-7-11-5-4-10(3)6-13(11)14-8-12;2*1-2/h4-9H,1-3H3;2*1-2H3. The average Bonchev–Trinajstić information content (AvgIpc) is 2.42. The summed E-state index contributed by atoms with van der Waals surface area (Å²) in [6.07, 6.45) is 1.98. The van der Waals surface area contributed by atoms with Crippen molar-refractivity contribution in [2.24, 2.45) is 0 Å². The Balaban J connectivity index is 0.000000659. The zero-order valence-electron chi connectivity index (χ0n) is 12.9. The second kappa shape index (κ2) is 8.68. The van der Waals surface area contributed by atoms with Crippen LogP contribution in [0.2, 0.25) is 0 Å². The molecule has 0 aliphatic heterocycles. The van der Waals surface area contributed by atoms with Crippen LogP contribution in [0.1, 0.15) is 58.6 Å². The summed E-state index contributed by atoms with van der Waals surface area (Å²) in [5, 5.41) is 1.24. The second-order valence-electron chi connectivity index (χ2n) is 4.12. The lowest BCUT2D eigenvalue weighted by atomic mass is 10.0. The van der Waals surface area contributed by atoms with Gasteiger partial charge in [0, 0.05) is 11.6 Å². The Labute approximate surface area is 112 Å². The molecule has 0 bridgehead atoms. The molecule has 100 valence electrons. The molecule has 0 saturated heterocycles. The highest BCUT2D eigenvalue weighted by atomic mass is 14.6. The predicted molar refractivity (Wildman–Crippen MR) is 83.3 cm³/mol. The summed E-state index contributed by atoms with van der Waals surface area (Å²) in [7, 11) is 0. The number of fused-ring (bicyclic) bond motifs is 1. The van der Waals surface area contributed by atoms with Crippen LogP contribution in [0.3, 0.4) is 0 Å². The van der Waals surface area contributed by atoms with Crippen LogP contribution in [0, 0.1) is 6.92 Å². The molecule has 0 spiro atoms. The van der Waals surface area contributed by atoms with Gasteiger partial charge in [0.05, 0.1) is 5.52 Å². The third-order valence-corrected chi connectivity index (χ3v) is 2.53. The third-order valence-electron chi connectivity index (χ3n) is 2.53.